The highest BCUT2D eigenvalue weighted by atomic mass is 16.6. The largest absolute Gasteiger partial charge is 0.445 e. The molecular formula is C20H30N2O4. The Kier molecular flexibility index (Phi) is 7.91. The molecule has 6 heteroatoms. The molecule has 0 bridgehead atoms. The molecule has 0 aliphatic carbocycles. The molecule has 144 valence electrons. The van der Waals surface area contributed by atoms with Crippen molar-refractivity contribution in [1.82, 2.24) is 9.80 Å². The Bertz CT molecular complexity index is 578. The van der Waals surface area contributed by atoms with Crippen LogP contribution in [0, 0.1) is 0 Å². The number of β-amino-alcohol motifs (C(OH)–C–C–N with tert-alkyl or cyclic N) is 1. The quantitative estimate of drug-likeness (QED) is 0.722. The van der Waals surface area contributed by atoms with Crippen LogP contribution in [0.5, 0.6) is 0 Å². The summed E-state index contributed by atoms with van der Waals surface area (Å²) in [4.78, 5) is 28.5. The number of carbonyl (C=O) groups excluding carboxylic acids is 2. The van der Waals surface area contributed by atoms with Crippen LogP contribution in [0.15, 0.2) is 30.3 Å². The van der Waals surface area contributed by atoms with Crippen LogP contribution in [0.4, 0.5) is 4.79 Å². The number of hydrogen-bond acceptors (Lipinski definition) is 4. The standard InChI is InChI=1S/C20H30N2O4/c1-3-5-9-12-21(4-2)19(24)18-13-17(23)14-22(18)20(25)26-15-16-10-7-6-8-11-16/h6-8,10-11,17-18,23H,3-5,9,12-15H2,1-2H3/t17?,18-/m0/s1. The number of unbranched alkanes of at least 4 members (excludes halogenated alkanes) is 2. The molecule has 2 rings (SSSR count). The number of likely N-dealkylation sites (tertiary alicyclic amines) is 1. The fraction of sp³-hybridized carbons (Fsp3) is 0.600. The van der Waals surface area contributed by atoms with Crippen molar-refractivity contribution in [2.24, 2.45) is 0 Å². The second-order valence-electron chi connectivity index (χ2n) is 6.72. The van der Waals surface area contributed by atoms with Gasteiger partial charge in [-0.2, -0.15) is 0 Å². The number of nitrogens with zero attached hydrogens (tertiary/aromatic N) is 2. The van der Waals surface area contributed by atoms with E-state index in [1.807, 2.05) is 37.3 Å². The maximum absolute atomic E-state index is 12.9. The molecule has 1 aromatic rings. The van der Waals surface area contributed by atoms with Crippen molar-refractivity contribution >= 4 is 12.0 Å². The zero-order valence-electron chi connectivity index (χ0n) is 15.8. The lowest BCUT2D eigenvalue weighted by Crippen LogP contribution is -2.48. The predicted molar refractivity (Wildman–Crippen MR) is 99.5 cm³/mol. The Morgan fingerprint density at radius 3 is 2.62 bits per heavy atom. The Labute approximate surface area is 155 Å². The third-order valence-electron chi connectivity index (χ3n) is 4.73. The lowest BCUT2D eigenvalue weighted by Gasteiger charge is -2.29. The number of benzene rings is 1. The van der Waals surface area contributed by atoms with Gasteiger partial charge in [-0.1, -0.05) is 50.1 Å². The van der Waals surface area contributed by atoms with E-state index >= 15 is 0 Å². The summed E-state index contributed by atoms with van der Waals surface area (Å²) in [6.45, 7) is 5.63. The summed E-state index contributed by atoms with van der Waals surface area (Å²) >= 11 is 0. The highest BCUT2D eigenvalue weighted by Crippen LogP contribution is 2.22. The van der Waals surface area contributed by atoms with E-state index in [0.29, 0.717) is 13.1 Å². The van der Waals surface area contributed by atoms with Gasteiger partial charge in [-0.3, -0.25) is 9.69 Å². The Morgan fingerprint density at radius 1 is 1.23 bits per heavy atom. The van der Waals surface area contributed by atoms with E-state index < -0.39 is 18.2 Å². The number of amides is 2. The fourth-order valence-corrected chi connectivity index (χ4v) is 3.24. The molecular weight excluding hydrogens is 332 g/mol. The molecule has 0 radical (unpaired) electrons. The molecule has 2 atom stereocenters. The average Bonchev–Trinajstić information content (AvgIpc) is 3.05. The molecule has 1 unspecified atom stereocenters. The number of rotatable bonds is 8. The molecule has 1 fully saturated rings. The minimum Gasteiger partial charge on any atom is -0.445 e. The zero-order chi connectivity index (χ0) is 18.9. The second-order valence-corrected chi connectivity index (χ2v) is 6.72. The van der Waals surface area contributed by atoms with Crippen molar-refractivity contribution in [1.29, 1.82) is 0 Å². The van der Waals surface area contributed by atoms with Crippen LogP contribution in [0.2, 0.25) is 0 Å². The van der Waals surface area contributed by atoms with Crippen molar-refractivity contribution < 1.29 is 19.4 Å². The summed E-state index contributed by atoms with van der Waals surface area (Å²) in [5.74, 6) is -0.100. The second kappa shape index (κ2) is 10.2. The lowest BCUT2D eigenvalue weighted by atomic mass is 10.1. The molecule has 1 aliphatic rings. The number of aliphatic hydroxyl groups is 1. The Morgan fingerprint density at radius 2 is 1.96 bits per heavy atom. The van der Waals surface area contributed by atoms with E-state index in [0.717, 1.165) is 24.8 Å². The van der Waals surface area contributed by atoms with Gasteiger partial charge in [-0.05, 0) is 18.9 Å². The highest BCUT2D eigenvalue weighted by molar-refractivity contribution is 5.86. The first-order valence-corrected chi connectivity index (χ1v) is 9.51. The zero-order valence-corrected chi connectivity index (χ0v) is 15.8. The smallest absolute Gasteiger partial charge is 0.410 e. The van der Waals surface area contributed by atoms with Crippen molar-refractivity contribution in [2.75, 3.05) is 19.6 Å². The van der Waals surface area contributed by atoms with E-state index in [4.69, 9.17) is 4.74 Å². The normalized spacial score (nSPS) is 19.4. The fourth-order valence-electron chi connectivity index (χ4n) is 3.24. The molecule has 0 spiro atoms. The van der Waals surface area contributed by atoms with Gasteiger partial charge < -0.3 is 14.7 Å². The monoisotopic (exact) mass is 362 g/mol. The van der Waals surface area contributed by atoms with Gasteiger partial charge in [0.1, 0.15) is 12.6 Å². The first-order valence-electron chi connectivity index (χ1n) is 9.51. The van der Waals surface area contributed by atoms with E-state index in [1.165, 1.54) is 4.90 Å². The topological polar surface area (TPSA) is 70.1 Å². The van der Waals surface area contributed by atoms with Gasteiger partial charge in [0.25, 0.3) is 0 Å². The van der Waals surface area contributed by atoms with E-state index in [1.54, 1.807) is 4.90 Å². The molecule has 1 saturated heterocycles. The minimum atomic E-state index is -0.692. The molecule has 6 nitrogen and oxygen atoms in total. The molecule has 1 heterocycles. The van der Waals surface area contributed by atoms with Crippen molar-refractivity contribution in [2.45, 2.75) is 58.3 Å². The number of ether oxygens (including phenoxy) is 1. The molecule has 2 amide bonds. The summed E-state index contributed by atoms with van der Waals surface area (Å²) < 4.78 is 5.36. The van der Waals surface area contributed by atoms with Gasteiger partial charge in [0.05, 0.1) is 12.6 Å². The molecule has 0 saturated carbocycles. The van der Waals surface area contributed by atoms with Crippen LogP contribution >= 0.6 is 0 Å². The van der Waals surface area contributed by atoms with Crippen LogP contribution < -0.4 is 0 Å². The molecule has 1 aliphatic heterocycles. The maximum atomic E-state index is 12.9. The first-order chi connectivity index (χ1) is 12.6. The SMILES string of the molecule is CCCCCN(CC)C(=O)[C@@H]1CC(O)CN1C(=O)OCc1ccccc1. The van der Waals surface area contributed by atoms with Crippen molar-refractivity contribution in [3.8, 4) is 0 Å². The third kappa shape index (κ3) is 5.46. The van der Waals surface area contributed by atoms with Gasteiger partial charge in [0.15, 0.2) is 0 Å². The van der Waals surface area contributed by atoms with Crippen LogP contribution in [0.1, 0.15) is 45.1 Å². The summed E-state index contributed by atoms with van der Waals surface area (Å²) in [7, 11) is 0. The van der Waals surface area contributed by atoms with Crippen molar-refractivity contribution in [3.05, 3.63) is 35.9 Å². The number of carbonyl (C=O) groups is 2. The summed E-state index contributed by atoms with van der Waals surface area (Å²) in [6.07, 6.45) is 2.13. The molecule has 1 aromatic carbocycles. The van der Waals surface area contributed by atoms with E-state index in [9.17, 15) is 14.7 Å². The summed E-state index contributed by atoms with van der Waals surface area (Å²) in [6, 6.07) is 8.77. The minimum absolute atomic E-state index is 0.100. The van der Waals surface area contributed by atoms with Gasteiger partial charge in [0, 0.05) is 19.5 Å². The van der Waals surface area contributed by atoms with E-state index in [2.05, 4.69) is 6.92 Å². The van der Waals surface area contributed by atoms with Crippen LogP contribution in [0.3, 0.4) is 0 Å². The molecule has 0 aromatic heterocycles. The summed E-state index contributed by atoms with van der Waals surface area (Å²) in [5.41, 5.74) is 0.887. The average molecular weight is 362 g/mol. The van der Waals surface area contributed by atoms with Crippen molar-refractivity contribution in [3.63, 3.8) is 0 Å². The lowest BCUT2D eigenvalue weighted by molar-refractivity contribution is -0.135. The summed E-state index contributed by atoms with van der Waals surface area (Å²) in [5, 5.41) is 10.0. The van der Waals surface area contributed by atoms with Gasteiger partial charge in [-0.25, -0.2) is 4.79 Å². The number of likely N-dealkylation sites (N-methyl/N-ethyl adjacent to an activating group) is 1. The highest BCUT2D eigenvalue weighted by Gasteiger charge is 2.41. The first kappa shape index (κ1) is 20.2. The maximum Gasteiger partial charge on any atom is 0.410 e. The predicted octanol–water partition coefficient (Wildman–Crippen LogP) is 2.80. The van der Waals surface area contributed by atoms with Gasteiger partial charge in [-0.15, -0.1) is 0 Å². The Hall–Kier alpha value is -2.08. The van der Waals surface area contributed by atoms with E-state index in [-0.39, 0.29) is 25.5 Å². The van der Waals surface area contributed by atoms with Gasteiger partial charge >= 0.3 is 6.09 Å². The van der Waals surface area contributed by atoms with Crippen LogP contribution in [-0.2, 0) is 16.1 Å². The molecule has 26 heavy (non-hydrogen) atoms. The number of hydrogen-bond donors (Lipinski definition) is 1. The molecule has 1 N–H and O–H groups in total. The van der Waals surface area contributed by atoms with Gasteiger partial charge in [0.2, 0.25) is 5.91 Å². The third-order valence-corrected chi connectivity index (χ3v) is 4.73. The van der Waals surface area contributed by atoms with Crippen LogP contribution in [-0.4, -0.2) is 58.7 Å². The Balaban J connectivity index is 1.97. The van der Waals surface area contributed by atoms with Crippen LogP contribution in [0.25, 0.3) is 0 Å². The number of aliphatic hydroxyl groups excluding tert-OH is 1.